The lowest BCUT2D eigenvalue weighted by molar-refractivity contribution is 0.0940. The molecule has 0 saturated heterocycles. The normalized spacial score (nSPS) is 10.1. The van der Waals surface area contributed by atoms with E-state index in [0.717, 1.165) is 0 Å². The van der Waals surface area contributed by atoms with E-state index in [1.165, 1.54) is 11.5 Å². The van der Waals surface area contributed by atoms with Crippen LogP contribution in [0.25, 0.3) is 10.9 Å². The van der Waals surface area contributed by atoms with Crippen LogP contribution in [0.1, 0.15) is 17.4 Å². The third kappa shape index (κ3) is 1.17. The minimum Gasteiger partial charge on any atom is -0.504 e. The van der Waals surface area contributed by atoms with Crippen molar-refractivity contribution in [2.75, 3.05) is 0 Å². The summed E-state index contributed by atoms with van der Waals surface area (Å²) in [6.45, 7) is 1.35. The average molecular weight is 200 g/mol. The number of benzene rings is 1. The van der Waals surface area contributed by atoms with E-state index in [4.69, 9.17) is 5.26 Å². The molecule has 0 bridgehead atoms. The van der Waals surface area contributed by atoms with Crippen molar-refractivity contribution in [1.82, 2.24) is 4.57 Å². The third-order valence-electron chi connectivity index (χ3n) is 2.27. The van der Waals surface area contributed by atoms with Crippen LogP contribution in [0.15, 0.2) is 24.3 Å². The Morgan fingerprint density at radius 1 is 1.47 bits per heavy atom. The molecule has 0 saturated carbocycles. The second kappa shape index (κ2) is 3.14. The highest BCUT2D eigenvalue weighted by atomic mass is 16.3. The summed E-state index contributed by atoms with van der Waals surface area (Å²) in [4.78, 5) is 11.4. The Balaban J connectivity index is 2.99. The molecule has 1 heterocycles. The van der Waals surface area contributed by atoms with Gasteiger partial charge in [-0.25, -0.2) is 0 Å². The minimum atomic E-state index is -0.289. The molecule has 4 nitrogen and oxygen atoms in total. The molecule has 0 atom stereocenters. The molecule has 0 unspecified atom stereocenters. The molecule has 74 valence electrons. The highest BCUT2D eigenvalue weighted by Gasteiger charge is 2.17. The smallest absolute Gasteiger partial charge is 0.229 e. The molecular formula is C11H8N2O2. The lowest BCUT2D eigenvalue weighted by atomic mass is 10.2. The van der Waals surface area contributed by atoms with Gasteiger partial charge in [-0.1, -0.05) is 12.1 Å². The quantitative estimate of drug-likeness (QED) is 0.706. The van der Waals surface area contributed by atoms with E-state index < -0.39 is 0 Å². The lowest BCUT2D eigenvalue weighted by Gasteiger charge is -1.98. The Kier molecular flexibility index (Phi) is 1.94. The maximum absolute atomic E-state index is 11.4. The van der Waals surface area contributed by atoms with Crippen LogP contribution >= 0.6 is 0 Å². The molecule has 2 rings (SSSR count). The van der Waals surface area contributed by atoms with Crippen molar-refractivity contribution in [2.24, 2.45) is 0 Å². The first-order valence-electron chi connectivity index (χ1n) is 4.40. The van der Waals surface area contributed by atoms with Crippen LogP contribution in [0.3, 0.4) is 0 Å². The summed E-state index contributed by atoms with van der Waals surface area (Å²) in [5.41, 5.74) is 0.544. The van der Waals surface area contributed by atoms with Crippen molar-refractivity contribution < 1.29 is 9.90 Å². The number of hydrogen-bond donors (Lipinski definition) is 1. The summed E-state index contributed by atoms with van der Waals surface area (Å²) in [7, 11) is 0. The van der Waals surface area contributed by atoms with Gasteiger partial charge in [-0.2, -0.15) is 5.26 Å². The first-order chi connectivity index (χ1) is 7.16. The van der Waals surface area contributed by atoms with E-state index in [9.17, 15) is 9.90 Å². The highest BCUT2D eigenvalue weighted by Crippen LogP contribution is 2.31. The standard InChI is InChI=1S/C11H8N2O2/c1-7(14)13-9-5-3-2-4-8(9)11(15)10(13)6-12/h2-5,15H,1H3. The van der Waals surface area contributed by atoms with E-state index in [-0.39, 0.29) is 17.4 Å². The van der Waals surface area contributed by atoms with E-state index in [1.54, 1.807) is 24.3 Å². The van der Waals surface area contributed by atoms with Gasteiger partial charge in [-0.15, -0.1) is 0 Å². The van der Waals surface area contributed by atoms with Crippen molar-refractivity contribution in [1.29, 1.82) is 5.26 Å². The van der Waals surface area contributed by atoms with Crippen LogP contribution in [-0.2, 0) is 0 Å². The van der Waals surface area contributed by atoms with Gasteiger partial charge in [0.1, 0.15) is 6.07 Å². The monoisotopic (exact) mass is 200 g/mol. The molecule has 0 spiro atoms. The van der Waals surface area contributed by atoms with Crippen molar-refractivity contribution in [3.63, 3.8) is 0 Å². The summed E-state index contributed by atoms with van der Waals surface area (Å²) < 4.78 is 1.21. The van der Waals surface area contributed by atoms with Gasteiger partial charge in [-0.05, 0) is 12.1 Å². The minimum absolute atomic E-state index is 0.0105. The molecule has 1 aromatic heterocycles. The van der Waals surface area contributed by atoms with Crippen LogP contribution in [0.2, 0.25) is 0 Å². The fourth-order valence-electron chi connectivity index (χ4n) is 1.65. The van der Waals surface area contributed by atoms with Gasteiger partial charge in [-0.3, -0.25) is 9.36 Å². The molecule has 15 heavy (non-hydrogen) atoms. The molecule has 0 radical (unpaired) electrons. The summed E-state index contributed by atoms with van der Waals surface area (Å²) in [6, 6.07) is 8.69. The fourth-order valence-corrected chi connectivity index (χ4v) is 1.65. The molecule has 0 aliphatic heterocycles. The van der Waals surface area contributed by atoms with Gasteiger partial charge >= 0.3 is 0 Å². The van der Waals surface area contributed by atoms with Gasteiger partial charge < -0.3 is 5.11 Å². The molecule has 0 fully saturated rings. The Bertz CT molecular complexity index is 590. The molecular weight excluding hydrogens is 192 g/mol. The number of fused-ring (bicyclic) bond motifs is 1. The Morgan fingerprint density at radius 2 is 2.13 bits per heavy atom. The molecule has 2 aromatic rings. The van der Waals surface area contributed by atoms with Crippen molar-refractivity contribution in [3.8, 4) is 11.8 Å². The lowest BCUT2D eigenvalue weighted by Crippen LogP contribution is -2.07. The summed E-state index contributed by atoms with van der Waals surface area (Å²) in [6.07, 6.45) is 0. The maximum atomic E-state index is 11.4. The zero-order valence-electron chi connectivity index (χ0n) is 8.06. The van der Waals surface area contributed by atoms with Crippen molar-refractivity contribution in [2.45, 2.75) is 6.92 Å². The molecule has 1 aromatic carbocycles. The summed E-state index contributed by atoms with van der Waals surface area (Å²) in [5.74, 6) is -0.425. The van der Waals surface area contributed by atoms with Gasteiger partial charge in [0, 0.05) is 12.3 Å². The number of aromatic hydroxyl groups is 1. The van der Waals surface area contributed by atoms with Crippen molar-refractivity contribution >= 4 is 16.8 Å². The van der Waals surface area contributed by atoms with Gasteiger partial charge in [0.15, 0.2) is 11.4 Å². The SMILES string of the molecule is CC(=O)n1c(C#N)c(O)c2ccccc21. The van der Waals surface area contributed by atoms with Crippen LogP contribution in [0.4, 0.5) is 0 Å². The van der Waals surface area contributed by atoms with Crippen LogP contribution in [0.5, 0.6) is 5.75 Å². The first kappa shape index (κ1) is 9.28. The Hall–Kier alpha value is -2.28. The molecule has 1 N–H and O–H groups in total. The van der Waals surface area contributed by atoms with Crippen LogP contribution < -0.4 is 0 Å². The molecule has 0 aliphatic rings. The average Bonchev–Trinajstić information content (AvgIpc) is 2.52. The van der Waals surface area contributed by atoms with Crippen molar-refractivity contribution in [3.05, 3.63) is 30.0 Å². The van der Waals surface area contributed by atoms with Gasteiger partial charge in [0.2, 0.25) is 5.91 Å². The molecule has 0 aliphatic carbocycles. The Labute approximate surface area is 86.0 Å². The van der Waals surface area contributed by atoms with E-state index in [0.29, 0.717) is 10.9 Å². The van der Waals surface area contributed by atoms with E-state index >= 15 is 0 Å². The second-order valence-electron chi connectivity index (χ2n) is 3.18. The van der Waals surface area contributed by atoms with Crippen LogP contribution in [-0.4, -0.2) is 15.6 Å². The molecule has 4 heteroatoms. The largest absolute Gasteiger partial charge is 0.504 e. The summed E-state index contributed by atoms with van der Waals surface area (Å²) >= 11 is 0. The topological polar surface area (TPSA) is 66.0 Å². The van der Waals surface area contributed by atoms with Gasteiger partial charge in [0.25, 0.3) is 0 Å². The number of nitrogens with zero attached hydrogens (tertiary/aromatic N) is 2. The predicted octanol–water partition coefficient (Wildman–Crippen LogP) is 1.88. The zero-order valence-corrected chi connectivity index (χ0v) is 8.06. The fraction of sp³-hybridized carbons (Fsp3) is 0.0909. The van der Waals surface area contributed by atoms with Crippen LogP contribution in [0, 0.1) is 11.3 Å². The number of carbonyl (C=O) groups excluding carboxylic acids is 1. The van der Waals surface area contributed by atoms with E-state index in [1.807, 2.05) is 6.07 Å². The first-order valence-corrected chi connectivity index (χ1v) is 4.40. The van der Waals surface area contributed by atoms with Gasteiger partial charge in [0.05, 0.1) is 5.52 Å². The Morgan fingerprint density at radius 3 is 2.73 bits per heavy atom. The highest BCUT2D eigenvalue weighted by molar-refractivity contribution is 5.98. The second-order valence-corrected chi connectivity index (χ2v) is 3.18. The number of rotatable bonds is 0. The number of nitriles is 1. The van der Waals surface area contributed by atoms with E-state index in [2.05, 4.69) is 0 Å². The third-order valence-corrected chi connectivity index (χ3v) is 2.27. The number of carbonyl (C=O) groups is 1. The number of hydrogen-bond acceptors (Lipinski definition) is 3. The number of aromatic nitrogens is 1. The predicted molar refractivity (Wildman–Crippen MR) is 54.6 cm³/mol. The number of para-hydroxylation sites is 1. The zero-order chi connectivity index (χ0) is 11.0. The summed E-state index contributed by atoms with van der Waals surface area (Å²) in [5, 5.41) is 19.1. The molecule has 0 amide bonds. The maximum Gasteiger partial charge on any atom is 0.229 e.